The van der Waals surface area contributed by atoms with Crippen LogP contribution >= 0.6 is 0 Å². The Labute approximate surface area is 97.5 Å². The molecule has 0 saturated carbocycles. The van der Waals surface area contributed by atoms with E-state index >= 15 is 0 Å². The van der Waals surface area contributed by atoms with E-state index in [1.165, 1.54) is 0 Å². The zero-order chi connectivity index (χ0) is 11.4. The maximum Gasteiger partial charge on any atom is 0.0622 e. The van der Waals surface area contributed by atoms with E-state index in [1.807, 2.05) is 0 Å². The molecule has 16 heavy (non-hydrogen) atoms. The third-order valence-electron chi connectivity index (χ3n) is 3.85. The molecule has 0 aliphatic carbocycles. The summed E-state index contributed by atoms with van der Waals surface area (Å²) in [6, 6.07) is 0.519. The third kappa shape index (κ3) is 2.74. The Morgan fingerprint density at radius 2 is 2.25 bits per heavy atom. The van der Waals surface area contributed by atoms with Crippen LogP contribution in [0.15, 0.2) is 0 Å². The van der Waals surface area contributed by atoms with Crippen molar-refractivity contribution in [2.24, 2.45) is 5.41 Å². The highest BCUT2D eigenvalue weighted by Crippen LogP contribution is 2.30. The maximum absolute atomic E-state index is 9.60. The lowest BCUT2D eigenvalue weighted by atomic mass is 9.82. The highest BCUT2D eigenvalue weighted by Gasteiger charge is 2.35. The van der Waals surface area contributed by atoms with Gasteiger partial charge in [0.25, 0.3) is 0 Å². The Kier molecular flexibility index (Phi) is 4.19. The minimum Gasteiger partial charge on any atom is -0.396 e. The second kappa shape index (κ2) is 5.45. The van der Waals surface area contributed by atoms with Crippen molar-refractivity contribution in [3.8, 4) is 0 Å². The fourth-order valence-corrected chi connectivity index (χ4v) is 2.74. The van der Waals surface area contributed by atoms with Gasteiger partial charge in [-0.25, -0.2) is 0 Å². The van der Waals surface area contributed by atoms with Crippen molar-refractivity contribution < 1.29 is 14.6 Å². The molecule has 0 aromatic heterocycles. The molecule has 2 aliphatic rings. The van der Waals surface area contributed by atoms with Crippen LogP contribution in [0.4, 0.5) is 0 Å². The van der Waals surface area contributed by atoms with Crippen LogP contribution in [0.25, 0.3) is 0 Å². The highest BCUT2D eigenvalue weighted by atomic mass is 16.5. The van der Waals surface area contributed by atoms with Crippen molar-refractivity contribution in [2.45, 2.75) is 25.3 Å². The summed E-state index contributed by atoms with van der Waals surface area (Å²) in [7, 11) is 2.13. The largest absolute Gasteiger partial charge is 0.396 e. The van der Waals surface area contributed by atoms with Crippen LogP contribution in [0.5, 0.6) is 0 Å². The number of aliphatic hydroxyl groups excluding tert-OH is 1. The van der Waals surface area contributed by atoms with Gasteiger partial charge in [-0.05, 0) is 26.3 Å². The summed E-state index contributed by atoms with van der Waals surface area (Å²) < 4.78 is 10.9. The Morgan fingerprint density at radius 1 is 1.38 bits per heavy atom. The van der Waals surface area contributed by atoms with Crippen molar-refractivity contribution in [2.75, 3.05) is 46.6 Å². The molecule has 2 heterocycles. The van der Waals surface area contributed by atoms with Crippen molar-refractivity contribution in [3.05, 3.63) is 0 Å². The van der Waals surface area contributed by atoms with Gasteiger partial charge in [-0.1, -0.05) is 0 Å². The van der Waals surface area contributed by atoms with Crippen LogP contribution in [0.3, 0.4) is 0 Å². The van der Waals surface area contributed by atoms with Crippen LogP contribution in [-0.2, 0) is 9.47 Å². The van der Waals surface area contributed by atoms with Crippen LogP contribution in [0, 0.1) is 5.41 Å². The van der Waals surface area contributed by atoms with Gasteiger partial charge in [-0.15, -0.1) is 0 Å². The zero-order valence-electron chi connectivity index (χ0n) is 10.2. The summed E-state index contributed by atoms with van der Waals surface area (Å²) in [6.07, 6.45) is 3.25. The third-order valence-corrected chi connectivity index (χ3v) is 3.85. The lowest BCUT2D eigenvalue weighted by molar-refractivity contribution is -0.0572. The van der Waals surface area contributed by atoms with E-state index in [2.05, 4.69) is 11.9 Å². The number of hydrogen-bond acceptors (Lipinski definition) is 4. The number of likely N-dealkylation sites (N-methyl/N-ethyl adjacent to an activating group) is 1. The summed E-state index contributed by atoms with van der Waals surface area (Å²) in [6.45, 7) is 4.39. The fraction of sp³-hybridized carbons (Fsp3) is 1.00. The van der Waals surface area contributed by atoms with Crippen molar-refractivity contribution in [3.63, 3.8) is 0 Å². The van der Waals surface area contributed by atoms with Gasteiger partial charge in [0.1, 0.15) is 0 Å². The molecule has 4 nitrogen and oxygen atoms in total. The Balaban J connectivity index is 1.89. The Hall–Kier alpha value is -0.160. The van der Waals surface area contributed by atoms with Crippen LogP contribution in [0.2, 0.25) is 0 Å². The fourth-order valence-electron chi connectivity index (χ4n) is 2.74. The molecule has 0 spiro atoms. The number of rotatable bonds is 4. The van der Waals surface area contributed by atoms with Gasteiger partial charge in [0.15, 0.2) is 0 Å². The van der Waals surface area contributed by atoms with Crippen LogP contribution in [0.1, 0.15) is 19.3 Å². The van der Waals surface area contributed by atoms with Gasteiger partial charge in [-0.3, -0.25) is 0 Å². The van der Waals surface area contributed by atoms with Crippen molar-refractivity contribution in [1.82, 2.24) is 4.90 Å². The van der Waals surface area contributed by atoms with Crippen molar-refractivity contribution >= 4 is 0 Å². The minimum atomic E-state index is -0.0460. The average molecular weight is 229 g/mol. The molecule has 0 bridgehead atoms. The first kappa shape index (κ1) is 12.3. The molecule has 94 valence electrons. The number of hydrogen-bond donors (Lipinski definition) is 1. The van der Waals surface area contributed by atoms with Crippen LogP contribution < -0.4 is 0 Å². The lowest BCUT2D eigenvalue weighted by Gasteiger charge is -2.39. The molecule has 2 fully saturated rings. The number of aliphatic hydroxyl groups is 1. The summed E-state index contributed by atoms with van der Waals surface area (Å²) in [5.74, 6) is 0. The molecule has 2 saturated heterocycles. The van der Waals surface area contributed by atoms with Gasteiger partial charge in [0.05, 0.1) is 19.8 Å². The lowest BCUT2D eigenvalue weighted by Crippen LogP contribution is -2.47. The highest BCUT2D eigenvalue weighted by molar-refractivity contribution is 4.86. The van der Waals surface area contributed by atoms with E-state index in [-0.39, 0.29) is 12.0 Å². The van der Waals surface area contributed by atoms with Crippen molar-refractivity contribution in [1.29, 1.82) is 0 Å². The topological polar surface area (TPSA) is 41.9 Å². The molecule has 4 heteroatoms. The number of ether oxygens (including phenoxy) is 2. The molecular formula is C12H23NO3. The smallest absolute Gasteiger partial charge is 0.0622 e. The molecular weight excluding hydrogens is 206 g/mol. The van der Waals surface area contributed by atoms with E-state index in [1.54, 1.807) is 0 Å². The molecule has 2 aliphatic heterocycles. The molecule has 0 radical (unpaired) electrons. The number of nitrogens with zero attached hydrogens (tertiary/aromatic N) is 1. The van der Waals surface area contributed by atoms with E-state index in [4.69, 9.17) is 9.47 Å². The molecule has 1 N–H and O–H groups in total. The van der Waals surface area contributed by atoms with E-state index in [0.717, 1.165) is 45.6 Å². The standard InChI is InChI=1S/C12H23NO3/c1-13(11-3-6-15-7-11)8-12(9-14)4-2-5-16-10-12/h11,14H,2-10H2,1H3. The Bertz CT molecular complexity index is 210. The summed E-state index contributed by atoms with van der Waals surface area (Å²) in [5.41, 5.74) is -0.0460. The molecule has 0 aromatic rings. The van der Waals surface area contributed by atoms with Gasteiger partial charge >= 0.3 is 0 Å². The molecule has 2 unspecified atom stereocenters. The summed E-state index contributed by atoms with van der Waals surface area (Å²) in [5, 5.41) is 9.60. The molecule has 2 rings (SSSR count). The molecule has 2 atom stereocenters. The normalized spacial score (nSPS) is 35.8. The summed E-state index contributed by atoms with van der Waals surface area (Å²) >= 11 is 0. The molecule has 0 amide bonds. The first-order valence-electron chi connectivity index (χ1n) is 6.22. The SMILES string of the molecule is CN(CC1(CO)CCCOC1)C1CCOC1. The predicted molar refractivity (Wildman–Crippen MR) is 61.4 cm³/mol. The van der Waals surface area contributed by atoms with Gasteiger partial charge < -0.3 is 19.5 Å². The second-order valence-electron chi connectivity index (χ2n) is 5.25. The van der Waals surface area contributed by atoms with E-state index < -0.39 is 0 Å². The predicted octanol–water partition coefficient (Wildman–Crippen LogP) is 0.496. The summed E-state index contributed by atoms with van der Waals surface area (Å²) in [4.78, 5) is 2.33. The first-order chi connectivity index (χ1) is 7.76. The van der Waals surface area contributed by atoms with Gasteiger partial charge in [0, 0.05) is 31.2 Å². The van der Waals surface area contributed by atoms with Crippen LogP contribution in [-0.4, -0.2) is 62.7 Å². The van der Waals surface area contributed by atoms with Gasteiger partial charge in [0.2, 0.25) is 0 Å². The quantitative estimate of drug-likeness (QED) is 0.762. The Morgan fingerprint density at radius 3 is 2.81 bits per heavy atom. The zero-order valence-corrected chi connectivity index (χ0v) is 10.2. The van der Waals surface area contributed by atoms with Gasteiger partial charge in [-0.2, -0.15) is 0 Å². The minimum absolute atomic E-state index is 0.0460. The maximum atomic E-state index is 9.60. The second-order valence-corrected chi connectivity index (χ2v) is 5.25. The van der Waals surface area contributed by atoms with E-state index in [0.29, 0.717) is 12.6 Å². The first-order valence-corrected chi connectivity index (χ1v) is 6.22. The van der Waals surface area contributed by atoms with E-state index in [9.17, 15) is 5.11 Å². The average Bonchev–Trinajstić information content (AvgIpc) is 2.84. The molecule has 0 aromatic carbocycles. The monoisotopic (exact) mass is 229 g/mol.